The highest BCUT2D eigenvalue weighted by Gasteiger charge is 2.31. The number of amides is 6. The van der Waals surface area contributed by atoms with Crippen LogP contribution in [-0.4, -0.2) is 35.3 Å². The van der Waals surface area contributed by atoms with Gasteiger partial charge in [-0.1, -0.05) is 20.4 Å². The summed E-state index contributed by atoms with van der Waals surface area (Å²) in [7, 11) is 0. The second kappa shape index (κ2) is 7.30. The molecule has 0 unspecified atom stereocenters. The first-order valence-electron chi connectivity index (χ1n) is 5.84. The Morgan fingerprint density at radius 3 is 2.05 bits per heavy atom. The van der Waals surface area contributed by atoms with Gasteiger partial charge < -0.3 is 5.32 Å². The SMILES string of the molecule is C=C(C)C(=O)NC(=O)N(C(=O)NCC)C(=O)C(C)C. The van der Waals surface area contributed by atoms with E-state index < -0.39 is 29.8 Å². The van der Waals surface area contributed by atoms with E-state index in [0.29, 0.717) is 4.90 Å². The highest BCUT2D eigenvalue weighted by molar-refractivity contribution is 6.15. The number of imide groups is 4. The number of carbonyl (C=O) groups is 4. The Morgan fingerprint density at radius 1 is 1.16 bits per heavy atom. The van der Waals surface area contributed by atoms with Crippen molar-refractivity contribution in [3.8, 4) is 0 Å². The zero-order valence-corrected chi connectivity index (χ0v) is 11.6. The molecule has 0 bridgehead atoms. The molecule has 0 radical (unpaired) electrons. The van der Waals surface area contributed by atoms with E-state index >= 15 is 0 Å². The van der Waals surface area contributed by atoms with Crippen molar-refractivity contribution >= 4 is 23.9 Å². The van der Waals surface area contributed by atoms with Crippen molar-refractivity contribution in [1.82, 2.24) is 15.5 Å². The van der Waals surface area contributed by atoms with Crippen molar-refractivity contribution in [2.45, 2.75) is 27.7 Å². The van der Waals surface area contributed by atoms with Gasteiger partial charge >= 0.3 is 12.1 Å². The van der Waals surface area contributed by atoms with E-state index in [1.807, 2.05) is 5.32 Å². The van der Waals surface area contributed by atoms with Crippen LogP contribution in [0.1, 0.15) is 27.7 Å². The third-order valence-corrected chi connectivity index (χ3v) is 2.06. The molecule has 0 spiro atoms. The van der Waals surface area contributed by atoms with Crippen LogP contribution in [0.3, 0.4) is 0 Å². The summed E-state index contributed by atoms with van der Waals surface area (Å²) in [5, 5.41) is 4.26. The minimum absolute atomic E-state index is 0.0983. The van der Waals surface area contributed by atoms with Crippen LogP contribution in [0.25, 0.3) is 0 Å². The Hall–Kier alpha value is -2.18. The number of carbonyl (C=O) groups excluding carboxylic acids is 4. The van der Waals surface area contributed by atoms with Gasteiger partial charge in [0.05, 0.1) is 0 Å². The van der Waals surface area contributed by atoms with E-state index in [0.717, 1.165) is 0 Å². The van der Waals surface area contributed by atoms with Crippen molar-refractivity contribution in [2.75, 3.05) is 6.54 Å². The summed E-state index contributed by atoms with van der Waals surface area (Å²) in [6.45, 7) is 9.75. The van der Waals surface area contributed by atoms with Crippen molar-refractivity contribution in [1.29, 1.82) is 0 Å². The smallest absolute Gasteiger partial charge is 0.337 e. The molecule has 106 valence electrons. The molecular formula is C12H19N3O4. The first-order valence-corrected chi connectivity index (χ1v) is 5.84. The first-order chi connectivity index (χ1) is 8.72. The van der Waals surface area contributed by atoms with E-state index in [4.69, 9.17) is 0 Å². The molecule has 2 N–H and O–H groups in total. The van der Waals surface area contributed by atoms with Crippen molar-refractivity contribution in [3.63, 3.8) is 0 Å². The molecule has 0 aromatic rings. The molecule has 0 saturated carbocycles. The number of hydrogen-bond donors (Lipinski definition) is 2. The van der Waals surface area contributed by atoms with E-state index in [9.17, 15) is 19.2 Å². The lowest BCUT2D eigenvalue weighted by molar-refractivity contribution is -0.129. The van der Waals surface area contributed by atoms with Gasteiger partial charge in [-0.05, 0) is 13.8 Å². The third kappa shape index (κ3) is 4.90. The van der Waals surface area contributed by atoms with Gasteiger partial charge in [-0.25, -0.2) is 9.59 Å². The van der Waals surface area contributed by atoms with Gasteiger partial charge in [-0.3, -0.25) is 14.9 Å². The van der Waals surface area contributed by atoms with E-state index in [1.54, 1.807) is 20.8 Å². The van der Waals surface area contributed by atoms with Crippen LogP contribution in [-0.2, 0) is 9.59 Å². The van der Waals surface area contributed by atoms with Crippen LogP contribution >= 0.6 is 0 Å². The topological polar surface area (TPSA) is 95.6 Å². The molecule has 0 rings (SSSR count). The van der Waals surface area contributed by atoms with Crippen LogP contribution in [0.5, 0.6) is 0 Å². The fourth-order valence-corrected chi connectivity index (χ4v) is 1.04. The third-order valence-electron chi connectivity index (χ3n) is 2.06. The molecule has 0 heterocycles. The van der Waals surface area contributed by atoms with Crippen molar-refractivity contribution in [3.05, 3.63) is 12.2 Å². The molecule has 19 heavy (non-hydrogen) atoms. The summed E-state index contributed by atoms with van der Waals surface area (Å²) in [5.41, 5.74) is 0.0983. The number of nitrogens with one attached hydrogen (secondary N) is 2. The number of rotatable bonds is 3. The summed E-state index contributed by atoms with van der Waals surface area (Å²) >= 11 is 0. The Bertz CT molecular complexity index is 415. The molecule has 0 aliphatic rings. The molecule has 6 amide bonds. The molecule has 7 nitrogen and oxygen atoms in total. The normalized spacial score (nSPS) is 9.74. The molecule has 0 aromatic heterocycles. The first kappa shape index (κ1) is 16.8. The maximum absolute atomic E-state index is 11.8. The molecule has 0 aliphatic heterocycles. The van der Waals surface area contributed by atoms with Gasteiger partial charge in [0, 0.05) is 18.0 Å². The van der Waals surface area contributed by atoms with Crippen LogP contribution in [0, 0.1) is 5.92 Å². The maximum Gasteiger partial charge on any atom is 0.339 e. The fraction of sp³-hybridized carbons (Fsp3) is 0.500. The van der Waals surface area contributed by atoms with Gasteiger partial charge in [0.1, 0.15) is 0 Å². The summed E-state index contributed by atoms with van der Waals surface area (Å²) in [6.07, 6.45) is 0. The minimum atomic E-state index is -1.09. The van der Waals surface area contributed by atoms with Crippen LogP contribution in [0.4, 0.5) is 9.59 Å². The fourth-order valence-electron chi connectivity index (χ4n) is 1.04. The lowest BCUT2D eigenvalue weighted by Crippen LogP contribution is -2.54. The molecule has 0 aromatic carbocycles. The van der Waals surface area contributed by atoms with Gasteiger partial charge in [0.15, 0.2) is 0 Å². The van der Waals surface area contributed by atoms with Crippen molar-refractivity contribution < 1.29 is 19.2 Å². The molecule has 7 heteroatoms. The largest absolute Gasteiger partial charge is 0.339 e. The number of nitrogens with zero attached hydrogens (tertiary/aromatic N) is 1. The van der Waals surface area contributed by atoms with Crippen molar-refractivity contribution in [2.24, 2.45) is 5.92 Å². The Kier molecular flexibility index (Phi) is 6.46. The molecular weight excluding hydrogens is 250 g/mol. The zero-order valence-electron chi connectivity index (χ0n) is 11.6. The maximum atomic E-state index is 11.8. The monoisotopic (exact) mass is 269 g/mol. The summed E-state index contributed by atoms with van der Waals surface area (Å²) in [5.74, 6) is -2.00. The zero-order chi connectivity index (χ0) is 15.2. The van der Waals surface area contributed by atoms with Gasteiger partial charge in [0.2, 0.25) is 5.91 Å². The Balaban J connectivity index is 5.08. The standard InChI is InChI=1S/C12H19N3O4/c1-6-13-11(18)15(10(17)8(4)5)12(19)14-9(16)7(2)3/h8H,2,6H2,1,3-5H3,(H,13,18)(H,14,16,19). The predicted octanol–water partition coefficient (Wildman–Crippen LogP) is 1.01. The Labute approximate surface area is 112 Å². The lowest BCUT2D eigenvalue weighted by atomic mass is 10.2. The van der Waals surface area contributed by atoms with Crippen LogP contribution < -0.4 is 10.6 Å². The quantitative estimate of drug-likeness (QED) is 0.747. The molecule has 0 aliphatic carbocycles. The summed E-state index contributed by atoms with van der Waals surface area (Å²) in [6, 6.07) is -1.95. The molecule has 0 fully saturated rings. The highest BCUT2D eigenvalue weighted by atomic mass is 16.2. The van der Waals surface area contributed by atoms with E-state index in [-0.39, 0.29) is 12.1 Å². The second-order valence-corrected chi connectivity index (χ2v) is 4.20. The Morgan fingerprint density at radius 2 is 1.68 bits per heavy atom. The second-order valence-electron chi connectivity index (χ2n) is 4.20. The summed E-state index contributed by atoms with van der Waals surface area (Å²) in [4.78, 5) is 47.0. The summed E-state index contributed by atoms with van der Waals surface area (Å²) < 4.78 is 0. The lowest BCUT2D eigenvalue weighted by Gasteiger charge is -2.20. The highest BCUT2D eigenvalue weighted by Crippen LogP contribution is 2.03. The minimum Gasteiger partial charge on any atom is -0.337 e. The molecule has 0 atom stereocenters. The van der Waals surface area contributed by atoms with Crippen LogP contribution in [0.2, 0.25) is 0 Å². The average Bonchev–Trinajstić information content (AvgIpc) is 2.28. The molecule has 0 saturated heterocycles. The van der Waals surface area contributed by atoms with E-state index in [1.165, 1.54) is 6.92 Å². The van der Waals surface area contributed by atoms with Gasteiger partial charge in [-0.15, -0.1) is 0 Å². The number of hydrogen-bond acceptors (Lipinski definition) is 4. The van der Waals surface area contributed by atoms with Gasteiger partial charge in [-0.2, -0.15) is 4.90 Å². The van der Waals surface area contributed by atoms with Gasteiger partial charge in [0.25, 0.3) is 5.91 Å². The predicted molar refractivity (Wildman–Crippen MR) is 69.1 cm³/mol. The van der Waals surface area contributed by atoms with Crippen LogP contribution in [0.15, 0.2) is 12.2 Å². The average molecular weight is 269 g/mol. The van der Waals surface area contributed by atoms with E-state index in [2.05, 4.69) is 11.9 Å². The number of urea groups is 2.